The van der Waals surface area contributed by atoms with Crippen LogP contribution >= 0.6 is 0 Å². The van der Waals surface area contributed by atoms with E-state index in [0.717, 1.165) is 0 Å². The van der Waals surface area contributed by atoms with Crippen LogP contribution in [0.4, 0.5) is 10.4 Å². The molecule has 5 nitrogen and oxygen atoms in total. The third kappa shape index (κ3) is 2.04. The standard InChI is InChI=1S/C12H11FN2O3/c1-6(16)11-10(15-12(14)18-11)8-5-7(13)3-4-9(8)17-2/h3-5H,1-2H3,(H2,14,15). The van der Waals surface area contributed by atoms with E-state index >= 15 is 0 Å². The van der Waals surface area contributed by atoms with Crippen LogP contribution in [0.3, 0.4) is 0 Å². The lowest BCUT2D eigenvalue weighted by Gasteiger charge is -2.06. The average Bonchev–Trinajstić information content (AvgIpc) is 2.71. The number of Topliss-reactive ketones (excluding diaryl/α,β-unsaturated/α-hetero) is 1. The van der Waals surface area contributed by atoms with Crippen LogP contribution in [0, 0.1) is 5.82 Å². The highest BCUT2D eigenvalue weighted by Crippen LogP contribution is 2.33. The molecule has 0 bridgehead atoms. The number of anilines is 1. The molecule has 2 rings (SSSR count). The molecule has 1 aromatic carbocycles. The van der Waals surface area contributed by atoms with Crippen LogP contribution < -0.4 is 10.5 Å². The topological polar surface area (TPSA) is 78.3 Å². The molecule has 0 amide bonds. The maximum Gasteiger partial charge on any atom is 0.293 e. The molecule has 6 heteroatoms. The van der Waals surface area contributed by atoms with Crippen molar-refractivity contribution in [3.05, 3.63) is 29.8 Å². The lowest BCUT2D eigenvalue weighted by atomic mass is 10.1. The normalized spacial score (nSPS) is 10.4. The van der Waals surface area contributed by atoms with E-state index in [4.69, 9.17) is 14.9 Å². The monoisotopic (exact) mass is 250 g/mol. The highest BCUT2D eigenvalue weighted by Gasteiger charge is 2.20. The van der Waals surface area contributed by atoms with Crippen molar-refractivity contribution in [2.75, 3.05) is 12.8 Å². The minimum absolute atomic E-state index is 0.0172. The van der Waals surface area contributed by atoms with Crippen LogP contribution in [0.2, 0.25) is 0 Å². The fourth-order valence-corrected chi connectivity index (χ4v) is 1.62. The van der Waals surface area contributed by atoms with E-state index in [-0.39, 0.29) is 23.3 Å². The Hall–Kier alpha value is -2.37. The molecule has 0 saturated heterocycles. The van der Waals surface area contributed by atoms with Crippen LogP contribution in [0.5, 0.6) is 5.75 Å². The molecule has 1 aromatic heterocycles. The molecule has 0 fully saturated rings. The number of hydrogen-bond donors (Lipinski definition) is 1. The van der Waals surface area contributed by atoms with Gasteiger partial charge in [0.05, 0.1) is 7.11 Å². The summed E-state index contributed by atoms with van der Waals surface area (Å²) < 4.78 is 23.4. The van der Waals surface area contributed by atoms with Gasteiger partial charge >= 0.3 is 0 Å². The number of nitrogens with zero attached hydrogens (tertiary/aromatic N) is 1. The molecule has 0 aliphatic heterocycles. The Bertz CT molecular complexity index is 607. The zero-order valence-electron chi connectivity index (χ0n) is 9.86. The highest BCUT2D eigenvalue weighted by atomic mass is 19.1. The molecule has 0 atom stereocenters. The minimum atomic E-state index is -0.470. The summed E-state index contributed by atoms with van der Waals surface area (Å²) in [5, 5.41) is 0. The third-order valence-corrected chi connectivity index (χ3v) is 2.38. The number of ketones is 1. The van der Waals surface area contributed by atoms with Crippen molar-refractivity contribution >= 4 is 11.8 Å². The molecule has 18 heavy (non-hydrogen) atoms. The molecule has 0 unspecified atom stereocenters. The molecule has 0 spiro atoms. The van der Waals surface area contributed by atoms with E-state index in [9.17, 15) is 9.18 Å². The molecule has 0 saturated carbocycles. The molecule has 0 radical (unpaired) electrons. The van der Waals surface area contributed by atoms with Crippen molar-refractivity contribution in [3.8, 4) is 17.0 Å². The largest absolute Gasteiger partial charge is 0.496 e. The third-order valence-electron chi connectivity index (χ3n) is 2.38. The number of aromatic nitrogens is 1. The first-order chi connectivity index (χ1) is 8.52. The molecule has 0 aliphatic carbocycles. The van der Waals surface area contributed by atoms with Crippen LogP contribution in [0.1, 0.15) is 17.5 Å². The second-order valence-corrected chi connectivity index (χ2v) is 3.63. The summed E-state index contributed by atoms with van der Waals surface area (Å²) >= 11 is 0. The van der Waals surface area contributed by atoms with Gasteiger partial charge in [0, 0.05) is 12.5 Å². The van der Waals surface area contributed by atoms with Gasteiger partial charge < -0.3 is 14.9 Å². The quantitative estimate of drug-likeness (QED) is 0.845. The lowest BCUT2D eigenvalue weighted by Crippen LogP contribution is -1.96. The summed E-state index contributed by atoms with van der Waals surface area (Å²) in [6.07, 6.45) is 0. The van der Waals surface area contributed by atoms with Gasteiger partial charge in [-0.25, -0.2) is 4.39 Å². The van der Waals surface area contributed by atoms with Gasteiger partial charge in [-0.1, -0.05) is 0 Å². The van der Waals surface area contributed by atoms with Gasteiger partial charge in [-0.15, -0.1) is 0 Å². The summed E-state index contributed by atoms with van der Waals surface area (Å²) in [7, 11) is 1.44. The number of ether oxygens (including phenoxy) is 1. The van der Waals surface area contributed by atoms with E-state index in [2.05, 4.69) is 4.98 Å². The van der Waals surface area contributed by atoms with Crippen molar-refractivity contribution in [2.24, 2.45) is 0 Å². The number of rotatable bonds is 3. The van der Waals surface area contributed by atoms with Gasteiger partial charge in [-0.3, -0.25) is 4.79 Å². The Balaban J connectivity index is 2.68. The van der Waals surface area contributed by atoms with Crippen molar-refractivity contribution in [1.82, 2.24) is 4.98 Å². The number of methoxy groups -OCH3 is 1. The number of oxazole rings is 1. The number of hydrogen-bond acceptors (Lipinski definition) is 5. The van der Waals surface area contributed by atoms with Crippen LogP contribution in [0.15, 0.2) is 22.6 Å². The smallest absolute Gasteiger partial charge is 0.293 e. The minimum Gasteiger partial charge on any atom is -0.496 e. The predicted octanol–water partition coefficient (Wildman–Crippen LogP) is 2.27. The summed E-state index contributed by atoms with van der Waals surface area (Å²) in [5.74, 6) is -0.453. The van der Waals surface area contributed by atoms with E-state index in [1.807, 2.05) is 0 Å². The second-order valence-electron chi connectivity index (χ2n) is 3.63. The Morgan fingerprint density at radius 1 is 1.50 bits per heavy atom. The fraction of sp³-hybridized carbons (Fsp3) is 0.167. The van der Waals surface area contributed by atoms with Crippen molar-refractivity contribution < 1.29 is 18.3 Å². The first-order valence-corrected chi connectivity index (χ1v) is 5.14. The number of nitrogens with two attached hydrogens (primary N) is 1. The van der Waals surface area contributed by atoms with Crippen LogP contribution in [0.25, 0.3) is 11.3 Å². The lowest BCUT2D eigenvalue weighted by molar-refractivity contribution is 0.0989. The van der Waals surface area contributed by atoms with Crippen molar-refractivity contribution in [2.45, 2.75) is 6.92 Å². The fourth-order valence-electron chi connectivity index (χ4n) is 1.62. The first kappa shape index (κ1) is 12.1. The number of carbonyl (C=O) groups excluding carboxylic acids is 1. The second kappa shape index (κ2) is 4.48. The SMILES string of the molecule is COc1ccc(F)cc1-c1nc(N)oc1C(C)=O. The Morgan fingerprint density at radius 3 is 2.83 bits per heavy atom. The summed E-state index contributed by atoms with van der Waals surface area (Å²) in [5.41, 5.74) is 5.92. The summed E-state index contributed by atoms with van der Waals surface area (Å²) in [6, 6.07) is 3.75. The van der Waals surface area contributed by atoms with Gasteiger partial charge in [-0.2, -0.15) is 4.98 Å². The van der Waals surface area contributed by atoms with E-state index in [1.165, 1.54) is 32.2 Å². The van der Waals surface area contributed by atoms with Gasteiger partial charge in [0.25, 0.3) is 6.01 Å². The average molecular weight is 250 g/mol. The van der Waals surface area contributed by atoms with Gasteiger partial charge in [-0.05, 0) is 18.2 Å². The van der Waals surface area contributed by atoms with Gasteiger partial charge in [0.2, 0.25) is 0 Å². The maximum atomic E-state index is 13.3. The number of halogens is 1. The number of nitrogen functional groups attached to an aromatic ring is 1. The van der Waals surface area contributed by atoms with Gasteiger partial charge in [0.15, 0.2) is 11.5 Å². The molecule has 2 aromatic rings. The first-order valence-electron chi connectivity index (χ1n) is 5.14. The molecule has 1 heterocycles. The molecule has 0 aliphatic rings. The molecular weight excluding hydrogens is 239 g/mol. The molecule has 94 valence electrons. The van der Waals surface area contributed by atoms with E-state index < -0.39 is 5.82 Å². The number of carbonyl (C=O) groups is 1. The summed E-state index contributed by atoms with van der Waals surface area (Å²) in [6.45, 7) is 1.31. The Morgan fingerprint density at radius 2 is 2.22 bits per heavy atom. The van der Waals surface area contributed by atoms with Crippen LogP contribution in [-0.2, 0) is 0 Å². The Kier molecular flexibility index (Phi) is 3.01. The van der Waals surface area contributed by atoms with E-state index in [0.29, 0.717) is 11.3 Å². The predicted molar refractivity (Wildman–Crippen MR) is 62.9 cm³/mol. The molecular formula is C12H11FN2O3. The molecule has 2 N–H and O–H groups in total. The maximum absolute atomic E-state index is 13.3. The zero-order valence-corrected chi connectivity index (χ0v) is 9.86. The highest BCUT2D eigenvalue weighted by molar-refractivity contribution is 5.98. The van der Waals surface area contributed by atoms with Crippen molar-refractivity contribution in [3.63, 3.8) is 0 Å². The van der Waals surface area contributed by atoms with Crippen LogP contribution in [-0.4, -0.2) is 17.9 Å². The zero-order chi connectivity index (χ0) is 13.3. The number of benzene rings is 1. The van der Waals surface area contributed by atoms with E-state index in [1.54, 1.807) is 0 Å². The Labute approximate surface area is 102 Å². The summed E-state index contributed by atoms with van der Waals surface area (Å²) in [4.78, 5) is 15.3. The van der Waals surface area contributed by atoms with Gasteiger partial charge in [0.1, 0.15) is 17.3 Å². The van der Waals surface area contributed by atoms with Crippen molar-refractivity contribution in [1.29, 1.82) is 0 Å².